The van der Waals surface area contributed by atoms with Crippen LogP contribution in [0.3, 0.4) is 0 Å². The first kappa shape index (κ1) is 25.7. The van der Waals surface area contributed by atoms with Gasteiger partial charge in [-0.25, -0.2) is 4.79 Å². The smallest absolute Gasteiger partial charge is 0.322 e. The van der Waals surface area contributed by atoms with E-state index in [1.165, 1.54) is 4.90 Å². The molecule has 0 saturated carbocycles. The van der Waals surface area contributed by atoms with E-state index in [9.17, 15) is 9.59 Å². The molecule has 0 saturated heterocycles. The molecule has 3 amide bonds. The van der Waals surface area contributed by atoms with E-state index in [0.717, 1.165) is 5.56 Å². The summed E-state index contributed by atoms with van der Waals surface area (Å²) in [5.41, 5.74) is 1.28. The first-order chi connectivity index (χ1) is 17.3. The highest BCUT2D eigenvalue weighted by Gasteiger charge is 2.24. The maximum atomic E-state index is 13.5. The maximum absolute atomic E-state index is 13.5. The SMILES string of the molecule is CC(C)CN(CC(=O)N(Cc1ccc2c(c1)OCO2)Cc1ccco1)C(=O)Nc1ccc(Cl)cc1Cl. The van der Waals surface area contributed by atoms with Gasteiger partial charge in [0, 0.05) is 18.1 Å². The second kappa shape index (κ2) is 11.6. The number of furan rings is 1. The summed E-state index contributed by atoms with van der Waals surface area (Å²) in [5.74, 6) is 1.84. The number of rotatable bonds is 9. The Morgan fingerprint density at radius 3 is 2.53 bits per heavy atom. The number of hydrogen-bond donors (Lipinski definition) is 1. The third-order valence-corrected chi connectivity index (χ3v) is 6.01. The topological polar surface area (TPSA) is 84.2 Å². The van der Waals surface area contributed by atoms with Crippen molar-refractivity contribution in [2.24, 2.45) is 5.92 Å². The molecule has 0 unspecified atom stereocenters. The normalized spacial score (nSPS) is 12.0. The molecule has 0 bridgehead atoms. The number of hydrogen-bond acceptors (Lipinski definition) is 5. The van der Waals surface area contributed by atoms with Gasteiger partial charge in [-0.05, 0) is 53.9 Å². The minimum absolute atomic E-state index is 0.125. The molecule has 190 valence electrons. The summed E-state index contributed by atoms with van der Waals surface area (Å²) in [6.07, 6.45) is 1.56. The Balaban J connectivity index is 1.51. The standard InChI is InChI=1S/C26H27Cl2N3O5/c1-17(2)12-31(26(33)29-22-7-6-19(27)11-21(22)28)15-25(32)30(14-20-4-3-9-34-20)13-18-5-8-23-24(10-18)36-16-35-23/h3-11,17H,12-16H2,1-2H3,(H,29,33). The van der Waals surface area contributed by atoms with Crippen molar-refractivity contribution >= 4 is 40.8 Å². The molecule has 0 atom stereocenters. The minimum atomic E-state index is -0.428. The molecular formula is C26H27Cl2N3O5. The van der Waals surface area contributed by atoms with Gasteiger partial charge in [-0.1, -0.05) is 43.1 Å². The van der Waals surface area contributed by atoms with Crippen molar-refractivity contribution in [3.8, 4) is 11.5 Å². The van der Waals surface area contributed by atoms with Gasteiger partial charge in [0.15, 0.2) is 11.5 Å². The van der Waals surface area contributed by atoms with Crippen LogP contribution in [0, 0.1) is 5.92 Å². The number of urea groups is 1. The minimum Gasteiger partial charge on any atom is -0.467 e. The average Bonchev–Trinajstić information content (AvgIpc) is 3.51. The first-order valence-electron chi connectivity index (χ1n) is 11.5. The summed E-state index contributed by atoms with van der Waals surface area (Å²) in [6.45, 7) is 4.93. The summed E-state index contributed by atoms with van der Waals surface area (Å²) < 4.78 is 16.3. The fourth-order valence-electron chi connectivity index (χ4n) is 3.79. The second-order valence-corrected chi connectivity index (χ2v) is 9.69. The van der Waals surface area contributed by atoms with Gasteiger partial charge in [0.1, 0.15) is 12.3 Å². The predicted molar refractivity (Wildman–Crippen MR) is 137 cm³/mol. The molecule has 0 radical (unpaired) electrons. The number of amides is 3. The first-order valence-corrected chi connectivity index (χ1v) is 12.2. The van der Waals surface area contributed by atoms with Gasteiger partial charge in [-0.2, -0.15) is 0 Å². The number of nitrogens with one attached hydrogen (secondary N) is 1. The van der Waals surface area contributed by atoms with Gasteiger partial charge in [0.25, 0.3) is 0 Å². The molecule has 4 rings (SSSR count). The van der Waals surface area contributed by atoms with Gasteiger partial charge in [0.2, 0.25) is 12.7 Å². The fourth-order valence-corrected chi connectivity index (χ4v) is 4.25. The van der Waals surface area contributed by atoms with Crippen LogP contribution < -0.4 is 14.8 Å². The Hall–Kier alpha value is -3.36. The summed E-state index contributed by atoms with van der Waals surface area (Å²) in [6, 6.07) is 13.5. The Morgan fingerprint density at radius 2 is 1.81 bits per heavy atom. The van der Waals surface area contributed by atoms with Crippen LogP contribution in [0.25, 0.3) is 0 Å². The molecule has 2 heterocycles. The fraction of sp³-hybridized carbons (Fsp3) is 0.308. The molecule has 1 aromatic heterocycles. The van der Waals surface area contributed by atoms with Crippen LogP contribution in [0.5, 0.6) is 11.5 Å². The third-order valence-electron chi connectivity index (χ3n) is 5.46. The van der Waals surface area contributed by atoms with Crippen LogP contribution in [0.4, 0.5) is 10.5 Å². The lowest BCUT2D eigenvalue weighted by atomic mass is 10.1. The lowest BCUT2D eigenvalue weighted by Gasteiger charge is -2.28. The zero-order valence-electron chi connectivity index (χ0n) is 20.0. The van der Waals surface area contributed by atoms with Crippen LogP contribution >= 0.6 is 23.2 Å². The van der Waals surface area contributed by atoms with Gasteiger partial charge in [-0.3, -0.25) is 4.79 Å². The van der Waals surface area contributed by atoms with E-state index < -0.39 is 6.03 Å². The van der Waals surface area contributed by atoms with Gasteiger partial charge >= 0.3 is 6.03 Å². The average molecular weight is 532 g/mol. The van der Waals surface area contributed by atoms with Gasteiger partial charge in [-0.15, -0.1) is 0 Å². The van der Waals surface area contributed by atoms with Crippen molar-refractivity contribution in [3.05, 3.63) is 76.2 Å². The number of ether oxygens (including phenoxy) is 2. The zero-order chi connectivity index (χ0) is 25.7. The molecule has 0 spiro atoms. The Labute approximate surface area is 219 Å². The molecule has 0 aliphatic carbocycles. The van der Waals surface area contributed by atoms with Gasteiger partial charge < -0.3 is 29.0 Å². The molecule has 0 fully saturated rings. The molecule has 2 aromatic carbocycles. The molecule has 36 heavy (non-hydrogen) atoms. The van der Waals surface area contributed by atoms with Crippen molar-refractivity contribution in [3.63, 3.8) is 0 Å². The van der Waals surface area contributed by atoms with Crippen molar-refractivity contribution in [1.82, 2.24) is 9.80 Å². The van der Waals surface area contributed by atoms with E-state index in [4.69, 9.17) is 37.1 Å². The summed E-state index contributed by atoms with van der Waals surface area (Å²) >= 11 is 12.2. The Kier molecular flexibility index (Phi) is 8.28. The van der Waals surface area contributed by atoms with Crippen molar-refractivity contribution < 1.29 is 23.5 Å². The number of fused-ring (bicyclic) bond motifs is 1. The van der Waals surface area contributed by atoms with E-state index >= 15 is 0 Å². The van der Waals surface area contributed by atoms with Crippen molar-refractivity contribution in [2.45, 2.75) is 26.9 Å². The lowest BCUT2D eigenvalue weighted by molar-refractivity contribution is -0.133. The molecular weight excluding hydrogens is 505 g/mol. The van der Waals surface area contributed by atoms with E-state index in [0.29, 0.717) is 46.1 Å². The summed E-state index contributed by atoms with van der Waals surface area (Å²) in [4.78, 5) is 29.8. The highest BCUT2D eigenvalue weighted by atomic mass is 35.5. The Morgan fingerprint density at radius 1 is 1.00 bits per heavy atom. The number of carbonyl (C=O) groups is 2. The van der Waals surface area contributed by atoms with E-state index in [-0.39, 0.29) is 31.7 Å². The number of anilines is 1. The molecule has 1 aliphatic heterocycles. The van der Waals surface area contributed by atoms with Crippen LogP contribution in [-0.4, -0.2) is 41.6 Å². The molecule has 3 aromatic rings. The predicted octanol–water partition coefficient (Wildman–Crippen LogP) is 6.03. The van der Waals surface area contributed by atoms with Crippen LogP contribution in [0.1, 0.15) is 25.2 Å². The Bertz CT molecular complexity index is 1220. The molecule has 8 nitrogen and oxygen atoms in total. The van der Waals surface area contributed by atoms with Crippen LogP contribution in [0.2, 0.25) is 10.0 Å². The van der Waals surface area contributed by atoms with Crippen LogP contribution in [-0.2, 0) is 17.9 Å². The zero-order valence-corrected chi connectivity index (χ0v) is 21.5. The highest BCUT2D eigenvalue weighted by Crippen LogP contribution is 2.33. The maximum Gasteiger partial charge on any atom is 0.322 e. The summed E-state index contributed by atoms with van der Waals surface area (Å²) in [5, 5.41) is 3.56. The number of carbonyl (C=O) groups excluding carboxylic acids is 2. The summed E-state index contributed by atoms with van der Waals surface area (Å²) in [7, 11) is 0. The van der Waals surface area contributed by atoms with Gasteiger partial charge in [0.05, 0.1) is 23.5 Å². The monoisotopic (exact) mass is 531 g/mol. The van der Waals surface area contributed by atoms with Crippen molar-refractivity contribution in [2.75, 3.05) is 25.2 Å². The largest absolute Gasteiger partial charge is 0.467 e. The molecule has 10 heteroatoms. The highest BCUT2D eigenvalue weighted by molar-refractivity contribution is 6.36. The van der Waals surface area contributed by atoms with Crippen molar-refractivity contribution in [1.29, 1.82) is 0 Å². The van der Waals surface area contributed by atoms with E-state index in [2.05, 4.69) is 5.32 Å². The number of halogens is 2. The number of nitrogens with zero attached hydrogens (tertiary/aromatic N) is 2. The molecule has 1 N–H and O–H groups in total. The lowest BCUT2D eigenvalue weighted by Crippen LogP contribution is -2.45. The quantitative estimate of drug-likeness (QED) is 0.364. The third kappa shape index (κ3) is 6.65. The molecule has 1 aliphatic rings. The second-order valence-electron chi connectivity index (χ2n) is 8.85. The number of benzene rings is 2. The van der Waals surface area contributed by atoms with Crippen LogP contribution in [0.15, 0.2) is 59.2 Å². The van der Waals surface area contributed by atoms with E-state index in [1.54, 1.807) is 41.5 Å². The van der Waals surface area contributed by atoms with E-state index in [1.807, 2.05) is 32.0 Å².